The van der Waals surface area contributed by atoms with Crippen LogP contribution in [0.3, 0.4) is 0 Å². The van der Waals surface area contributed by atoms with Gasteiger partial charge in [0.25, 0.3) is 0 Å². The van der Waals surface area contributed by atoms with E-state index in [-0.39, 0.29) is 0 Å². The van der Waals surface area contributed by atoms with E-state index >= 15 is 0 Å². The molecule has 67 heavy (non-hydrogen) atoms. The fraction of sp³-hybridized carbons (Fsp3) is 0.131. The number of fused-ring (bicyclic) bond motifs is 15. The number of para-hydroxylation sites is 1. The van der Waals surface area contributed by atoms with Crippen molar-refractivity contribution >= 4 is 71.9 Å². The van der Waals surface area contributed by atoms with Crippen molar-refractivity contribution < 1.29 is 0 Å². The summed E-state index contributed by atoms with van der Waals surface area (Å²) in [5.74, 6) is 0.995. The standard InChI is InChI=1S/C61H46N6/c1-34-35(2)45-29-53-51-27-39(37-14-18-57-49(25-37)43-10-4-6-12-55(43)65-57)16-20-59(51)67(41-21-23-63-33-41)61(53)31-47(45)46-30-60-52(28-44(34)46)50-26-38(15-19-58(50)66(60)40-8-7-22-62-32-40)36-13-17-56-48(24-36)42-9-3-5-11-54(42)64-56/h3-14,16-18,20-35,43,55,63-65H,15,19H2,1-2H3. The summed E-state index contributed by atoms with van der Waals surface area (Å²) < 4.78 is 4.96. The van der Waals surface area contributed by atoms with E-state index in [1.54, 1.807) is 0 Å². The minimum Gasteiger partial charge on any atom is -0.378 e. The topological polar surface area (TPSA) is 66.4 Å². The van der Waals surface area contributed by atoms with Gasteiger partial charge in [-0.2, -0.15) is 0 Å². The quantitative estimate of drug-likeness (QED) is 0.165. The molecule has 3 aliphatic carbocycles. The van der Waals surface area contributed by atoms with E-state index in [1.807, 2.05) is 18.6 Å². The number of aromatic nitrogens is 5. The van der Waals surface area contributed by atoms with Gasteiger partial charge >= 0.3 is 0 Å². The Kier molecular flexibility index (Phi) is 7.61. The van der Waals surface area contributed by atoms with E-state index < -0.39 is 0 Å². The summed E-state index contributed by atoms with van der Waals surface area (Å²) in [6, 6.07) is 46.5. The lowest BCUT2D eigenvalue weighted by Crippen LogP contribution is -2.17. The van der Waals surface area contributed by atoms with Crippen LogP contribution in [0.15, 0.2) is 170 Å². The van der Waals surface area contributed by atoms with Crippen LogP contribution in [0.25, 0.3) is 99.8 Å². The molecule has 1 aliphatic heterocycles. The van der Waals surface area contributed by atoms with Crippen molar-refractivity contribution in [1.29, 1.82) is 0 Å². The summed E-state index contributed by atoms with van der Waals surface area (Å²) in [5.41, 5.74) is 24.2. The third-order valence-electron chi connectivity index (χ3n) is 16.0. The van der Waals surface area contributed by atoms with Gasteiger partial charge in [-0.15, -0.1) is 0 Å². The summed E-state index contributed by atoms with van der Waals surface area (Å²) in [4.78, 5) is 11.6. The highest BCUT2D eigenvalue weighted by Crippen LogP contribution is 2.52. The predicted molar refractivity (Wildman–Crippen MR) is 278 cm³/mol. The van der Waals surface area contributed by atoms with Gasteiger partial charge in [-0.1, -0.05) is 74.5 Å². The van der Waals surface area contributed by atoms with E-state index in [4.69, 9.17) is 0 Å². The van der Waals surface area contributed by atoms with E-state index in [9.17, 15) is 0 Å². The number of anilines is 1. The molecule has 0 spiro atoms. The van der Waals surface area contributed by atoms with Gasteiger partial charge in [0.1, 0.15) is 0 Å². The molecule has 15 rings (SSSR count). The lowest BCUT2D eigenvalue weighted by atomic mass is 9.72. The smallest absolute Gasteiger partial charge is 0.0642 e. The number of benzene rings is 6. The molecule has 0 radical (unpaired) electrons. The van der Waals surface area contributed by atoms with Crippen molar-refractivity contribution in [2.45, 2.75) is 50.5 Å². The summed E-state index contributed by atoms with van der Waals surface area (Å²) >= 11 is 0. The number of pyridine rings is 1. The molecule has 0 saturated heterocycles. The molecule has 0 fully saturated rings. The van der Waals surface area contributed by atoms with Crippen LogP contribution in [0.2, 0.25) is 0 Å². The molecule has 11 aromatic rings. The minimum atomic E-state index is 0.318. The van der Waals surface area contributed by atoms with Gasteiger partial charge in [0.05, 0.1) is 40.2 Å². The first-order valence-corrected chi connectivity index (χ1v) is 23.9. The number of hydrogen-bond donors (Lipinski definition) is 3. The Morgan fingerprint density at radius 1 is 0.582 bits per heavy atom. The lowest BCUT2D eigenvalue weighted by Gasteiger charge is -2.32. The predicted octanol–water partition coefficient (Wildman–Crippen LogP) is 15.1. The highest BCUT2D eigenvalue weighted by molar-refractivity contribution is 6.13. The molecule has 4 unspecified atom stereocenters. The SMILES string of the molecule is CC1c2cc3c4c(n(-c5cccnc5)c3cc2-c2cc3c(cc2C1C)c1cc(-c2ccc5c(c2)C2C=CC=CC2N5)ccc1n3-c1cc[nH]c1)CCC(c1ccc2[nH]c3ccccc3c2c1)=C4. The van der Waals surface area contributed by atoms with Gasteiger partial charge < -0.3 is 24.4 Å². The number of aromatic amines is 2. The average molecular weight is 863 g/mol. The number of nitrogens with zero attached hydrogens (tertiary/aromatic N) is 3. The van der Waals surface area contributed by atoms with Gasteiger partial charge in [0.2, 0.25) is 0 Å². The zero-order valence-electron chi connectivity index (χ0n) is 37.3. The van der Waals surface area contributed by atoms with E-state index in [0.717, 1.165) is 24.2 Å². The van der Waals surface area contributed by atoms with Crippen LogP contribution in [0.4, 0.5) is 5.69 Å². The van der Waals surface area contributed by atoms with E-state index in [0.29, 0.717) is 23.8 Å². The zero-order chi connectivity index (χ0) is 44.1. The van der Waals surface area contributed by atoms with Gasteiger partial charge in [-0.3, -0.25) is 4.98 Å². The molecule has 0 bridgehead atoms. The number of nitrogens with one attached hydrogen (secondary N) is 3. The van der Waals surface area contributed by atoms with Crippen LogP contribution in [0.5, 0.6) is 0 Å². The molecule has 0 saturated carbocycles. The number of rotatable bonds is 4. The molecule has 4 aliphatic rings. The van der Waals surface area contributed by atoms with E-state index in [1.165, 1.54) is 122 Å². The van der Waals surface area contributed by atoms with Crippen LogP contribution in [-0.2, 0) is 6.42 Å². The average Bonchev–Trinajstić information content (AvgIpc) is 4.22. The van der Waals surface area contributed by atoms with Gasteiger partial charge in [0, 0.05) is 79.4 Å². The minimum absolute atomic E-state index is 0.318. The molecule has 4 atom stereocenters. The number of H-pyrrole nitrogens is 2. The van der Waals surface area contributed by atoms with Gasteiger partial charge in [0.15, 0.2) is 0 Å². The van der Waals surface area contributed by atoms with Crippen LogP contribution in [0, 0.1) is 0 Å². The van der Waals surface area contributed by atoms with Crippen molar-refractivity contribution in [2.75, 3.05) is 5.32 Å². The van der Waals surface area contributed by atoms with Crippen molar-refractivity contribution in [3.05, 3.63) is 204 Å². The Morgan fingerprint density at radius 2 is 1.34 bits per heavy atom. The zero-order valence-corrected chi connectivity index (χ0v) is 37.3. The first-order valence-electron chi connectivity index (χ1n) is 23.9. The normalized spacial score (nSPS) is 19.2. The first-order chi connectivity index (χ1) is 33.0. The van der Waals surface area contributed by atoms with Crippen LogP contribution in [0.1, 0.15) is 71.5 Å². The highest BCUT2D eigenvalue weighted by Gasteiger charge is 2.33. The Bertz CT molecular complexity index is 4000. The molecule has 6 heteroatoms. The summed E-state index contributed by atoms with van der Waals surface area (Å²) in [6.45, 7) is 4.88. The molecule has 3 N–H and O–H groups in total. The summed E-state index contributed by atoms with van der Waals surface area (Å²) in [5, 5.41) is 10.2. The van der Waals surface area contributed by atoms with E-state index in [2.05, 4.69) is 201 Å². The summed E-state index contributed by atoms with van der Waals surface area (Å²) in [6.07, 6.45) is 21.4. The maximum atomic E-state index is 4.65. The Morgan fingerprint density at radius 3 is 2.19 bits per heavy atom. The fourth-order valence-corrected chi connectivity index (χ4v) is 12.5. The number of hydrogen-bond acceptors (Lipinski definition) is 2. The van der Waals surface area contributed by atoms with Crippen LogP contribution >= 0.6 is 0 Å². The molecule has 6 aromatic carbocycles. The van der Waals surface area contributed by atoms with Gasteiger partial charge in [-0.25, -0.2) is 0 Å². The maximum absolute atomic E-state index is 4.65. The second kappa shape index (κ2) is 13.7. The second-order valence-corrected chi connectivity index (χ2v) is 19.4. The van der Waals surface area contributed by atoms with Crippen molar-refractivity contribution in [3.8, 4) is 33.6 Å². The lowest BCUT2D eigenvalue weighted by molar-refractivity contribution is 0.617. The first kappa shape index (κ1) is 37.2. The largest absolute Gasteiger partial charge is 0.378 e. The third-order valence-corrected chi connectivity index (χ3v) is 16.0. The molecule has 0 amide bonds. The second-order valence-electron chi connectivity index (χ2n) is 19.4. The number of allylic oxidation sites excluding steroid dienone is 3. The summed E-state index contributed by atoms with van der Waals surface area (Å²) in [7, 11) is 0. The van der Waals surface area contributed by atoms with Crippen molar-refractivity contribution in [2.24, 2.45) is 0 Å². The molecule has 6 nitrogen and oxygen atoms in total. The van der Waals surface area contributed by atoms with Crippen molar-refractivity contribution in [1.82, 2.24) is 24.1 Å². The maximum Gasteiger partial charge on any atom is 0.0642 e. The third kappa shape index (κ3) is 5.29. The monoisotopic (exact) mass is 862 g/mol. The molecule has 6 heterocycles. The fourth-order valence-electron chi connectivity index (χ4n) is 12.5. The van der Waals surface area contributed by atoms with Crippen LogP contribution in [-0.4, -0.2) is 30.1 Å². The Labute approximate surface area is 387 Å². The molecule has 320 valence electrons. The van der Waals surface area contributed by atoms with Crippen molar-refractivity contribution in [3.63, 3.8) is 0 Å². The highest BCUT2D eigenvalue weighted by atomic mass is 15.0. The molecular formula is C61H46N6. The molecular weight excluding hydrogens is 817 g/mol. The Hall–Kier alpha value is -8.09. The van der Waals surface area contributed by atoms with Crippen LogP contribution < -0.4 is 5.32 Å². The Balaban J connectivity index is 0.923. The molecule has 5 aromatic heterocycles. The van der Waals surface area contributed by atoms with Gasteiger partial charge in [-0.05, 0) is 166 Å².